The normalized spacial score (nSPS) is 12.7. The number of carbonyl (C=O) groups is 2. The number of nitrogens with one attached hydrogen (secondary N) is 2. The summed E-state index contributed by atoms with van der Waals surface area (Å²) in [5.74, 6) is -0.484. The number of rotatable bonds is 9. The number of nitrogens with zero attached hydrogens (tertiary/aromatic N) is 1. The van der Waals surface area contributed by atoms with Crippen molar-refractivity contribution in [2.45, 2.75) is 32.2 Å². The minimum atomic E-state index is -1.09. The number of ether oxygens (including phenoxy) is 2. The van der Waals surface area contributed by atoms with Crippen molar-refractivity contribution in [2.75, 3.05) is 20.4 Å². The van der Waals surface area contributed by atoms with Crippen molar-refractivity contribution in [2.24, 2.45) is 4.99 Å². The second kappa shape index (κ2) is 11.0. The average Bonchev–Trinajstić information content (AvgIpc) is 2.42. The highest BCUT2D eigenvalue weighted by atomic mass is 16.7. The zero-order valence-electron chi connectivity index (χ0n) is 11.6. The molecule has 0 aliphatic carbocycles. The highest BCUT2D eigenvalue weighted by Gasteiger charge is 2.14. The Hall–Kier alpha value is -1.87. The van der Waals surface area contributed by atoms with E-state index in [1.54, 1.807) is 12.4 Å². The van der Waals surface area contributed by atoms with Crippen LogP contribution in [-0.2, 0) is 14.3 Å². The second-order valence-electron chi connectivity index (χ2n) is 3.91. The third kappa shape index (κ3) is 9.11. The van der Waals surface area contributed by atoms with Gasteiger partial charge in [0, 0.05) is 6.54 Å². The van der Waals surface area contributed by atoms with Crippen molar-refractivity contribution in [3.05, 3.63) is 0 Å². The van der Waals surface area contributed by atoms with E-state index >= 15 is 0 Å². The molecule has 0 rings (SSSR count). The Labute approximate surface area is 116 Å². The van der Waals surface area contributed by atoms with Crippen molar-refractivity contribution < 1.29 is 29.4 Å². The summed E-state index contributed by atoms with van der Waals surface area (Å²) in [6, 6.07) is -0.946. The second-order valence-corrected chi connectivity index (χ2v) is 3.91. The van der Waals surface area contributed by atoms with Crippen LogP contribution in [0.25, 0.3) is 0 Å². The third-order valence-electron chi connectivity index (χ3n) is 2.41. The van der Waals surface area contributed by atoms with Crippen LogP contribution in [0.2, 0.25) is 0 Å². The maximum Gasteiger partial charge on any atom is 0.509 e. The summed E-state index contributed by atoms with van der Waals surface area (Å²) in [6.45, 7) is 2.20. The van der Waals surface area contributed by atoms with Gasteiger partial charge in [0.1, 0.15) is 6.04 Å². The number of hydrogen-bond donors (Lipinski definition) is 4. The van der Waals surface area contributed by atoms with Gasteiger partial charge in [-0.15, -0.1) is 0 Å². The zero-order chi connectivity index (χ0) is 15.4. The molecular weight excluding hydrogens is 270 g/mol. The summed E-state index contributed by atoms with van der Waals surface area (Å²) >= 11 is 0. The Morgan fingerprint density at radius 1 is 1.35 bits per heavy atom. The Morgan fingerprint density at radius 2 is 2.05 bits per heavy atom. The fourth-order valence-electron chi connectivity index (χ4n) is 1.28. The van der Waals surface area contributed by atoms with E-state index in [-0.39, 0.29) is 6.73 Å². The predicted octanol–water partition coefficient (Wildman–Crippen LogP) is 0.337. The van der Waals surface area contributed by atoms with E-state index in [0.717, 1.165) is 6.42 Å². The quantitative estimate of drug-likeness (QED) is 0.157. The van der Waals surface area contributed by atoms with Crippen molar-refractivity contribution in [1.82, 2.24) is 10.8 Å². The summed E-state index contributed by atoms with van der Waals surface area (Å²) in [7, 11) is 1.21. The van der Waals surface area contributed by atoms with Gasteiger partial charge in [0.15, 0.2) is 6.73 Å². The molecule has 0 unspecified atom stereocenters. The van der Waals surface area contributed by atoms with E-state index in [0.29, 0.717) is 25.2 Å². The minimum Gasteiger partial charge on any atom is -0.480 e. The van der Waals surface area contributed by atoms with Gasteiger partial charge < -0.3 is 25.1 Å². The number of methoxy groups -OCH3 is 1. The molecule has 0 aromatic rings. The lowest BCUT2D eigenvalue weighted by molar-refractivity contribution is -0.142. The number of carbonyl (C=O) groups excluding carboxylic acids is 1. The van der Waals surface area contributed by atoms with Gasteiger partial charge in [0.2, 0.25) is 0 Å². The van der Waals surface area contributed by atoms with Gasteiger partial charge in [-0.2, -0.15) is 5.48 Å². The average molecular weight is 291 g/mol. The molecule has 9 nitrogen and oxygen atoms in total. The molecule has 0 radical (unpaired) electrons. The van der Waals surface area contributed by atoms with Crippen LogP contribution in [0.5, 0.6) is 0 Å². The fraction of sp³-hybridized carbons (Fsp3) is 0.727. The summed E-state index contributed by atoms with van der Waals surface area (Å²) in [6.07, 6.45) is 0.882. The molecule has 116 valence electrons. The van der Waals surface area contributed by atoms with E-state index in [1.165, 1.54) is 7.11 Å². The van der Waals surface area contributed by atoms with Crippen LogP contribution < -0.4 is 10.8 Å². The van der Waals surface area contributed by atoms with Gasteiger partial charge in [0.25, 0.3) is 0 Å². The SMILES string of the molecule is COC(=O)OCN=C(C)NCCCC[C@H](NO)C(=O)O. The zero-order valence-corrected chi connectivity index (χ0v) is 11.6. The summed E-state index contributed by atoms with van der Waals surface area (Å²) in [5.41, 5.74) is 1.74. The fourth-order valence-corrected chi connectivity index (χ4v) is 1.28. The third-order valence-corrected chi connectivity index (χ3v) is 2.41. The molecule has 9 heteroatoms. The molecule has 0 aromatic heterocycles. The Bertz CT molecular complexity index is 334. The van der Waals surface area contributed by atoms with Crippen molar-refractivity contribution >= 4 is 18.0 Å². The van der Waals surface area contributed by atoms with Gasteiger partial charge >= 0.3 is 12.1 Å². The van der Waals surface area contributed by atoms with Gasteiger partial charge in [-0.25, -0.2) is 9.79 Å². The Morgan fingerprint density at radius 3 is 2.60 bits per heavy atom. The van der Waals surface area contributed by atoms with E-state index < -0.39 is 18.2 Å². The first-order valence-electron chi connectivity index (χ1n) is 6.09. The summed E-state index contributed by atoms with van der Waals surface area (Å²) < 4.78 is 8.84. The van der Waals surface area contributed by atoms with Crippen molar-refractivity contribution in [3.63, 3.8) is 0 Å². The first-order chi connectivity index (χ1) is 9.51. The van der Waals surface area contributed by atoms with Crippen molar-refractivity contribution in [3.8, 4) is 0 Å². The highest BCUT2D eigenvalue weighted by Crippen LogP contribution is 2.00. The van der Waals surface area contributed by atoms with Crippen LogP contribution >= 0.6 is 0 Å². The molecule has 0 saturated heterocycles. The lowest BCUT2D eigenvalue weighted by atomic mass is 10.1. The Balaban J connectivity index is 3.66. The number of aliphatic carboxylic acids is 1. The lowest BCUT2D eigenvalue weighted by Crippen LogP contribution is -2.34. The number of amidine groups is 1. The predicted molar refractivity (Wildman–Crippen MR) is 69.7 cm³/mol. The molecule has 0 aliphatic heterocycles. The maximum atomic E-state index is 10.6. The topological polar surface area (TPSA) is 129 Å². The van der Waals surface area contributed by atoms with Crippen molar-refractivity contribution in [1.29, 1.82) is 0 Å². The van der Waals surface area contributed by atoms with Gasteiger partial charge in [-0.3, -0.25) is 4.79 Å². The first-order valence-corrected chi connectivity index (χ1v) is 6.09. The number of aliphatic imine (C=N–C) groups is 1. The van der Waals surface area contributed by atoms with E-state index in [9.17, 15) is 9.59 Å². The van der Waals surface area contributed by atoms with Crippen LogP contribution in [-0.4, -0.2) is 54.7 Å². The summed E-state index contributed by atoms with van der Waals surface area (Å²) in [5, 5.41) is 20.2. The van der Waals surface area contributed by atoms with Crippen LogP contribution in [0, 0.1) is 0 Å². The van der Waals surface area contributed by atoms with E-state index in [4.69, 9.17) is 10.3 Å². The molecule has 0 amide bonds. The highest BCUT2D eigenvalue weighted by molar-refractivity contribution is 5.79. The molecule has 0 aliphatic rings. The monoisotopic (exact) mass is 291 g/mol. The van der Waals surface area contributed by atoms with Crippen LogP contribution in [0.15, 0.2) is 4.99 Å². The van der Waals surface area contributed by atoms with Crippen LogP contribution in [0.1, 0.15) is 26.2 Å². The van der Waals surface area contributed by atoms with E-state index in [1.807, 2.05) is 0 Å². The van der Waals surface area contributed by atoms with Crippen LogP contribution in [0.3, 0.4) is 0 Å². The molecule has 0 aromatic carbocycles. The smallest absolute Gasteiger partial charge is 0.480 e. The molecule has 4 N–H and O–H groups in total. The molecule has 1 atom stereocenters. The molecule has 0 bridgehead atoms. The molecule has 0 saturated carbocycles. The first kappa shape index (κ1) is 18.1. The summed E-state index contributed by atoms with van der Waals surface area (Å²) in [4.78, 5) is 25.1. The molecular formula is C11H21N3O6. The molecule has 20 heavy (non-hydrogen) atoms. The number of unbranched alkanes of at least 4 members (excludes halogenated alkanes) is 1. The number of hydroxylamine groups is 1. The van der Waals surface area contributed by atoms with Gasteiger partial charge in [-0.1, -0.05) is 0 Å². The standard InChI is InChI=1S/C11H21N3O6/c1-8(13-7-20-11(17)19-2)12-6-4-3-5-9(14-18)10(15)16/h9,14,18H,3-7H2,1-2H3,(H,12,13)(H,15,16)/t9-/m0/s1. The molecule has 0 fully saturated rings. The number of hydrogen-bond acceptors (Lipinski definition) is 7. The maximum absolute atomic E-state index is 10.6. The number of carboxylic acid groups (broad SMARTS) is 1. The van der Waals surface area contributed by atoms with Gasteiger partial charge in [-0.05, 0) is 26.2 Å². The van der Waals surface area contributed by atoms with E-state index in [2.05, 4.69) is 19.8 Å². The van der Waals surface area contributed by atoms with Gasteiger partial charge in [0.05, 0.1) is 12.9 Å². The lowest BCUT2D eigenvalue weighted by Gasteiger charge is -2.10. The number of carboxylic acids is 1. The molecule has 0 heterocycles. The minimum absolute atomic E-state index is 0.124. The van der Waals surface area contributed by atoms with Crippen LogP contribution in [0.4, 0.5) is 4.79 Å². The Kier molecular flexibility index (Phi) is 9.97. The molecule has 0 spiro atoms. The largest absolute Gasteiger partial charge is 0.509 e.